The monoisotopic (exact) mass is 332 g/mol. The first kappa shape index (κ1) is 17.8. The van der Waals surface area contributed by atoms with Crippen LogP contribution in [0.3, 0.4) is 0 Å². The summed E-state index contributed by atoms with van der Waals surface area (Å²) < 4.78 is 10.0. The summed E-state index contributed by atoms with van der Waals surface area (Å²) in [5, 5.41) is 3.09. The molecule has 6 nitrogen and oxygen atoms in total. The minimum absolute atomic E-state index is 0.0164. The van der Waals surface area contributed by atoms with Gasteiger partial charge in [0.1, 0.15) is 11.4 Å². The molecule has 1 atom stereocenters. The molecular formula is C18H24N2O4. The zero-order chi connectivity index (χ0) is 17.9. The number of hydrogen-bond donors (Lipinski definition) is 1. The third-order valence-electron chi connectivity index (χ3n) is 4.09. The molecule has 1 heterocycles. The van der Waals surface area contributed by atoms with E-state index in [-0.39, 0.29) is 23.7 Å². The lowest BCUT2D eigenvalue weighted by molar-refractivity contribution is -0.136. The molecule has 130 valence electrons. The summed E-state index contributed by atoms with van der Waals surface area (Å²) in [5.41, 5.74) is 1.38. The van der Waals surface area contributed by atoms with E-state index in [1.165, 1.54) is 7.11 Å². The Labute approximate surface area is 142 Å². The molecule has 1 aromatic carbocycles. The van der Waals surface area contributed by atoms with Crippen molar-refractivity contribution in [2.24, 2.45) is 0 Å². The van der Waals surface area contributed by atoms with E-state index in [1.807, 2.05) is 20.8 Å². The van der Waals surface area contributed by atoms with Crippen molar-refractivity contribution < 1.29 is 19.1 Å². The zero-order valence-electron chi connectivity index (χ0n) is 14.8. The fourth-order valence-corrected chi connectivity index (χ4v) is 2.97. The Morgan fingerprint density at radius 2 is 1.88 bits per heavy atom. The van der Waals surface area contributed by atoms with Gasteiger partial charge >= 0.3 is 5.97 Å². The van der Waals surface area contributed by atoms with Gasteiger partial charge in [0, 0.05) is 11.7 Å². The highest BCUT2D eigenvalue weighted by molar-refractivity contribution is 6.09. The molecule has 1 aromatic rings. The number of ether oxygens (including phenoxy) is 2. The van der Waals surface area contributed by atoms with Gasteiger partial charge in [0.15, 0.2) is 0 Å². The van der Waals surface area contributed by atoms with Gasteiger partial charge in [0.2, 0.25) is 0 Å². The number of anilines is 1. The van der Waals surface area contributed by atoms with Crippen LogP contribution in [0.1, 0.15) is 27.2 Å². The first-order valence-corrected chi connectivity index (χ1v) is 8.00. The van der Waals surface area contributed by atoms with Crippen molar-refractivity contribution in [1.82, 2.24) is 4.90 Å². The summed E-state index contributed by atoms with van der Waals surface area (Å²) in [5.74, 6) is 0.0538. The predicted octanol–water partition coefficient (Wildman–Crippen LogP) is 2.56. The van der Waals surface area contributed by atoms with Gasteiger partial charge in [-0.25, -0.2) is 4.79 Å². The van der Waals surface area contributed by atoms with Crippen LogP contribution in [0.15, 0.2) is 35.5 Å². The summed E-state index contributed by atoms with van der Waals surface area (Å²) in [6.07, 6.45) is 0.641. The van der Waals surface area contributed by atoms with E-state index in [9.17, 15) is 9.59 Å². The Kier molecular flexibility index (Phi) is 5.49. The van der Waals surface area contributed by atoms with Crippen LogP contribution in [-0.2, 0) is 14.3 Å². The number of nitrogens with zero attached hydrogens (tertiary/aromatic N) is 1. The second-order valence-corrected chi connectivity index (χ2v) is 5.86. The van der Waals surface area contributed by atoms with Crippen molar-refractivity contribution in [2.45, 2.75) is 39.3 Å². The second-order valence-electron chi connectivity index (χ2n) is 5.86. The zero-order valence-corrected chi connectivity index (χ0v) is 14.8. The number of methoxy groups -OCH3 is 2. The van der Waals surface area contributed by atoms with Gasteiger partial charge in [-0.15, -0.1) is 0 Å². The third-order valence-corrected chi connectivity index (χ3v) is 4.09. The maximum atomic E-state index is 12.8. The molecule has 6 heteroatoms. The Hall–Kier alpha value is -2.50. The molecule has 0 aromatic heterocycles. The Morgan fingerprint density at radius 3 is 2.33 bits per heavy atom. The predicted molar refractivity (Wildman–Crippen MR) is 91.7 cm³/mol. The minimum atomic E-state index is -0.477. The van der Waals surface area contributed by atoms with Gasteiger partial charge in [-0.3, -0.25) is 4.79 Å². The number of amides is 1. The molecule has 1 amide bonds. The molecule has 1 aliphatic heterocycles. The van der Waals surface area contributed by atoms with Gasteiger partial charge in [0.25, 0.3) is 5.91 Å². The van der Waals surface area contributed by atoms with E-state index >= 15 is 0 Å². The number of hydrogen-bond acceptors (Lipinski definition) is 5. The number of rotatable bonds is 6. The van der Waals surface area contributed by atoms with Crippen molar-refractivity contribution in [2.75, 3.05) is 19.5 Å². The van der Waals surface area contributed by atoms with Crippen LogP contribution in [0.4, 0.5) is 5.69 Å². The van der Waals surface area contributed by atoms with E-state index in [4.69, 9.17) is 9.47 Å². The van der Waals surface area contributed by atoms with Crippen molar-refractivity contribution in [3.05, 3.63) is 35.5 Å². The molecule has 0 spiro atoms. The van der Waals surface area contributed by atoms with Crippen molar-refractivity contribution in [3.8, 4) is 5.75 Å². The molecule has 0 radical (unpaired) electrons. The van der Waals surface area contributed by atoms with Crippen LogP contribution >= 0.6 is 0 Å². The minimum Gasteiger partial charge on any atom is -0.497 e. The molecular weight excluding hydrogens is 308 g/mol. The maximum absolute atomic E-state index is 12.8. The lowest BCUT2D eigenvalue weighted by Crippen LogP contribution is -2.41. The molecule has 0 bridgehead atoms. The van der Waals surface area contributed by atoms with Crippen LogP contribution in [-0.4, -0.2) is 43.1 Å². The van der Waals surface area contributed by atoms with E-state index in [1.54, 1.807) is 36.3 Å². The van der Waals surface area contributed by atoms with Gasteiger partial charge < -0.3 is 19.7 Å². The lowest BCUT2D eigenvalue weighted by atomic mass is 10.0. The van der Waals surface area contributed by atoms with Gasteiger partial charge in [-0.1, -0.05) is 6.92 Å². The molecule has 0 saturated carbocycles. The SMILES string of the molecule is CCC1C(C(=O)OC)=C(Nc2ccc(OC)cc2)C(=O)N1C(C)C. The summed E-state index contributed by atoms with van der Waals surface area (Å²) in [6.45, 7) is 5.82. The first-order chi connectivity index (χ1) is 11.4. The van der Waals surface area contributed by atoms with Crippen LogP contribution in [0.25, 0.3) is 0 Å². The summed E-state index contributed by atoms with van der Waals surface area (Å²) >= 11 is 0. The Morgan fingerprint density at radius 1 is 1.25 bits per heavy atom. The Bertz CT molecular complexity index is 649. The van der Waals surface area contributed by atoms with Crippen molar-refractivity contribution in [3.63, 3.8) is 0 Å². The topological polar surface area (TPSA) is 67.9 Å². The van der Waals surface area contributed by atoms with Crippen molar-refractivity contribution in [1.29, 1.82) is 0 Å². The average molecular weight is 332 g/mol. The molecule has 0 fully saturated rings. The molecule has 0 saturated heterocycles. The van der Waals surface area contributed by atoms with Gasteiger partial charge in [0.05, 0.1) is 25.8 Å². The highest BCUT2D eigenvalue weighted by atomic mass is 16.5. The van der Waals surface area contributed by atoms with Crippen LogP contribution in [0.5, 0.6) is 5.75 Å². The highest BCUT2D eigenvalue weighted by Gasteiger charge is 2.43. The number of esters is 1. The normalized spacial score (nSPS) is 17.5. The largest absolute Gasteiger partial charge is 0.497 e. The number of carbonyl (C=O) groups is 2. The average Bonchev–Trinajstić information content (AvgIpc) is 2.87. The molecule has 0 aliphatic carbocycles. The summed E-state index contributed by atoms with van der Waals surface area (Å²) in [4.78, 5) is 26.8. The molecule has 1 N–H and O–H groups in total. The first-order valence-electron chi connectivity index (χ1n) is 8.00. The van der Waals surface area contributed by atoms with Crippen molar-refractivity contribution >= 4 is 17.6 Å². The summed E-state index contributed by atoms with van der Waals surface area (Å²) in [6, 6.07) is 6.87. The highest BCUT2D eigenvalue weighted by Crippen LogP contribution is 2.32. The maximum Gasteiger partial charge on any atom is 0.338 e. The van der Waals surface area contributed by atoms with Gasteiger partial charge in [-0.05, 0) is 44.5 Å². The van der Waals surface area contributed by atoms with E-state index < -0.39 is 5.97 Å². The van der Waals surface area contributed by atoms with Crippen LogP contribution in [0.2, 0.25) is 0 Å². The fraction of sp³-hybridized carbons (Fsp3) is 0.444. The van der Waals surface area contributed by atoms with Gasteiger partial charge in [-0.2, -0.15) is 0 Å². The Balaban J connectivity index is 2.43. The number of nitrogens with one attached hydrogen (secondary N) is 1. The summed E-state index contributed by atoms with van der Waals surface area (Å²) in [7, 11) is 2.92. The molecule has 1 aliphatic rings. The second kappa shape index (κ2) is 7.38. The van der Waals surface area contributed by atoms with E-state index in [2.05, 4.69) is 5.32 Å². The van der Waals surface area contributed by atoms with E-state index in [0.29, 0.717) is 17.7 Å². The smallest absolute Gasteiger partial charge is 0.338 e. The van der Waals surface area contributed by atoms with Crippen LogP contribution in [0, 0.1) is 0 Å². The van der Waals surface area contributed by atoms with Crippen LogP contribution < -0.4 is 10.1 Å². The number of carbonyl (C=O) groups excluding carboxylic acids is 2. The standard InChI is InChI=1S/C18H24N2O4/c1-6-14-15(18(22)24-5)16(17(21)20(14)11(2)3)19-12-7-9-13(23-4)10-8-12/h7-11,14,19H,6H2,1-5H3. The fourth-order valence-electron chi connectivity index (χ4n) is 2.97. The number of benzene rings is 1. The quantitative estimate of drug-likeness (QED) is 0.811. The molecule has 1 unspecified atom stereocenters. The molecule has 24 heavy (non-hydrogen) atoms. The lowest BCUT2D eigenvalue weighted by Gasteiger charge is -2.29. The third kappa shape index (κ3) is 3.22. The van der Waals surface area contributed by atoms with E-state index in [0.717, 1.165) is 5.75 Å². The molecule has 2 rings (SSSR count).